The number of rotatable bonds is 5. The van der Waals surface area contributed by atoms with Crippen LogP contribution in [0.2, 0.25) is 0 Å². The lowest BCUT2D eigenvalue weighted by molar-refractivity contribution is -0.150. The molecule has 3 unspecified atom stereocenters. The van der Waals surface area contributed by atoms with E-state index in [1.165, 1.54) is 0 Å². The van der Waals surface area contributed by atoms with Crippen LogP contribution in [0.25, 0.3) is 0 Å². The van der Waals surface area contributed by atoms with E-state index in [2.05, 4.69) is 4.72 Å². The Bertz CT molecular complexity index is 608. The predicted molar refractivity (Wildman–Crippen MR) is 78.9 cm³/mol. The Kier molecular flexibility index (Phi) is 5.12. The number of carboxylic acids is 1. The number of aliphatic carboxylic acids is 1. The first-order chi connectivity index (χ1) is 9.26. The van der Waals surface area contributed by atoms with Gasteiger partial charge in [-0.25, -0.2) is 21.6 Å². The molecular weight excluding hydrogens is 318 g/mol. The number of hydrogen-bond acceptors (Lipinski definition) is 5. The highest BCUT2D eigenvalue weighted by Gasteiger charge is 2.47. The molecule has 0 heterocycles. The van der Waals surface area contributed by atoms with Crippen LogP contribution in [0.4, 0.5) is 0 Å². The molecule has 2 N–H and O–H groups in total. The summed E-state index contributed by atoms with van der Waals surface area (Å²) in [6, 6.07) is -0.456. The second-order valence-corrected chi connectivity index (χ2v) is 10.7. The van der Waals surface area contributed by atoms with Crippen molar-refractivity contribution in [1.82, 2.24) is 4.72 Å². The van der Waals surface area contributed by atoms with Crippen LogP contribution in [0.15, 0.2) is 0 Å². The molecule has 0 saturated heterocycles. The molecule has 1 rings (SSSR count). The minimum atomic E-state index is -3.95. The molecule has 0 aromatic carbocycles. The van der Waals surface area contributed by atoms with Gasteiger partial charge in [0.25, 0.3) is 0 Å². The maximum absolute atomic E-state index is 11.9. The first-order valence-electron chi connectivity index (χ1n) is 6.67. The Labute approximate surface area is 126 Å². The van der Waals surface area contributed by atoms with Crippen LogP contribution >= 0.6 is 0 Å². The molecule has 21 heavy (non-hydrogen) atoms. The van der Waals surface area contributed by atoms with E-state index in [9.17, 15) is 26.7 Å². The van der Waals surface area contributed by atoms with Crippen molar-refractivity contribution in [3.63, 3.8) is 0 Å². The summed E-state index contributed by atoms with van der Waals surface area (Å²) in [5.41, 5.74) is -0.581. The summed E-state index contributed by atoms with van der Waals surface area (Å²) in [5, 5.41) is 8.29. The van der Waals surface area contributed by atoms with E-state index < -0.39 is 48.3 Å². The van der Waals surface area contributed by atoms with Crippen LogP contribution in [-0.2, 0) is 24.7 Å². The van der Waals surface area contributed by atoms with Crippen molar-refractivity contribution < 1.29 is 26.7 Å². The summed E-state index contributed by atoms with van der Waals surface area (Å²) in [6.45, 7) is 5.39. The summed E-state index contributed by atoms with van der Waals surface area (Å²) in [4.78, 5) is 11.3. The summed E-state index contributed by atoms with van der Waals surface area (Å²) in [7, 11) is -7.59. The molecule has 0 amide bonds. The Morgan fingerprint density at radius 2 is 1.76 bits per heavy atom. The topological polar surface area (TPSA) is 118 Å². The van der Waals surface area contributed by atoms with Gasteiger partial charge in [0.2, 0.25) is 10.0 Å². The lowest BCUT2D eigenvalue weighted by Gasteiger charge is -2.46. The first kappa shape index (κ1) is 18.4. The molecule has 1 aliphatic carbocycles. The fourth-order valence-corrected chi connectivity index (χ4v) is 6.26. The Balaban J connectivity index is 2.91. The Morgan fingerprint density at radius 1 is 1.24 bits per heavy atom. The predicted octanol–water partition coefficient (Wildman–Crippen LogP) is 0.433. The van der Waals surface area contributed by atoms with Gasteiger partial charge < -0.3 is 5.11 Å². The highest BCUT2D eigenvalue weighted by Crippen LogP contribution is 2.45. The van der Waals surface area contributed by atoms with Gasteiger partial charge in [-0.05, 0) is 24.2 Å². The third kappa shape index (κ3) is 4.65. The molecule has 0 radical (unpaired) electrons. The minimum Gasteiger partial charge on any atom is -0.481 e. The fraction of sp³-hybridized carbons (Fsp3) is 0.917. The minimum absolute atomic E-state index is 0.221. The molecule has 1 fully saturated rings. The molecule has 0 aromatic heterocycles. The zero-order valence-electron chi connectivity index (χ0n) is 12.7. The Morgan fingerprint density at radius 3 is 2.19 bits per heavy atom. The van der Waals surface area contributed by atoms with E-state index in [4.69, 9.17) is 0 Å². The fourth-order valence-electron chi connectivity index (χ4n) is 2.95. The highest BCUT2D eigenvalue weighted by molar-refractivity contribution is 8.06. The van der Waals surface area contributed by atoms with Gasteiger partial charge in [0, 0.05) is 12.3 Å². The first-order valence-corrected chi connectivity index (χ1v) is 10.4. The lowest BCUT2D eigenvalue weighted by atomic mass is 9.61. The SMILES string of the molecule is CC1C(NS(=O)(=O)CS(C)(=O)=O)CCC(C(=O)O)C1(C)C. The molecule has 9 heteroatoms. The van der Waals surface area contributed by atoms with Crippen molar-refractivity contribution in [3.05, 3.63) is 0 Å². The summed E-state index contributed by atoms with van der Waals surface area (Å²) >= 11 is 0. The smallest absolute Gasteiger partial charge is 0.307 e. The zero-order chi connectivity index (χ0) is 16.6. The van der Waals surface area contributed by atoms with E-state index in [1.807, 2.05) is 0 Å². The summed E-state index contributed by atoms with van der Waals surface area (Å²) in [6.07, 6.45) is 1.60. The lowest BCUT2D eigenvalue weighted by Crippen LogP contribution is -2.52. The number of hydrogen-bond donors (Lipinski definition) is 2. The van der Waals surface area contributed by atoms with E-state index in [-0.39, 0.29) is 5.92 Å². The standard InChI is InChI=1S/C12H23NO6S2/c1-8-10(13-21(18,19)7-20(4,16)17)6-5-9(11(14)15)12(8,2)3/h8-10,13H,5-7H2,1-4H3,(H,14,15). The molecule has 0 aliphatic heterocycles. The third-order valence-electron chi connectivity index (χ3n) is 4.44. The molecule has 7 nitrogen and oxygen atoms in total. The van der Waals surface area contributed by atoms with E-state index >= 15 is 0 Å². The quantitative estimate of drug-likeness (QED) is 0.749. The number of sulfonamides is 1. The molecule has 0 bridgehead atoms. The van der Waals surface area contributed by atoms with Gasteiger partial charge in [-0.3, -0.25) is 4.79 Å². The summed E-state index contributed by atoms with van der Waals surface area (Å²) in [5.74, 6) is -1.64. The monoisotopic (exact) mass is 341 g/mol. The van der Waals surface area contributed by atoms with Crippen LogP contribution in [0.3, 0.4) is 0 Å². The van der Waals surface area contributed by atoms with Crippen molar-refractivity contribution in [2.75, 3.05) is 11.3 Å². The van der Waals surface area contributed by atoms with E-state index in [0.717, 1.165) is 6.26 Å². The average Bonchev–Trinajstić information content (AvgIpc) is 2.20. The number of carbonyl (C=O) groups is 1. The maximum Gasteiger partial charge on any atom is 0.307 e. The molecule has 124 valence electrons. The van der Waals surface area contributed by atoms with E-state index in [1.54, 1.807) is 20.8 Å². The highest BCUT2D eigenvalue weighted by atomic mass is 32.3. The van der Waals surface area contributed by atoms with Crippen LogP contribution in [0.5, 0.6) is 0 Å². The second kappa shape index (κ2) is 5.85. The number of carboxylic acid groups (broad SMARTS) is 1. The zero-order valence-corrected chi connectivity index (χ0v) is 14.3. The van der Waals surface area contributed by atoms with Gasteiger partial charge in [-0.15, -0.1) is 0 Å². The van der Waals surface area contributed by atoms with Crippen LogP contribution in [0.1, 0.15) is 33.6 Å². The van der Waals surface area contributed by atoms with Crippen LogP contribution in [0, 0.1) is 17.3 Å². The van der Waals surface area contributed by atoms with Crippen molar-refractivity contribution in [3.8, 4) is 0 Å². The largest absolute Gasteiger partial charge is 0.481 e. The van der Waals surface area contributed by atoms with Gasteiger partial charge in [-0.1, -0.05) is 20.8 Å². The van der Waals surface area contributed by atoms with Crippen molar-refractivity contribution in [2.45, 2.75) is 39.7 Å². The maximum atomic E-state index is 11.9. The second-order valence-electron chi connectivity index (χ2n) is 6.46. The van der Waals surface area contributed by atoms with Crippen molar-refractivity contribution in [2.24, 2.45) is 17.3 Å². The third-order valence-corrected chi connectivity index (χ3v) is 8.06. The molecule has 0 aromatic rings. The van der Waals surface area contributed by atoms with Gasteiger partial charge in [-0.2, -0.15) is 0 Å². The molecule has 1 aliphatic rings. The van der Waals surface area contributed by atoms with Crippen LogP contribution in [-0.4, -0.2) is 45.3 Å². The average molecular weight is 341 g/mol. The van der Waals surface area contributed by atoms with Crippen molar-refractivity contribution >= 4 is 25.8 Å². The van der Waals surface area contributed by atoms with Gasteiger partial charge in [0.1, 0.15) is 0 Å². The molecular formula is C12H23NO6S2. The molecule has 3 atom stereocenters. The normalized spacial score (nSPS) is 30.0. The van der Waals surface area contributed by atoms with E-state index in [0.29, 0.717) is 12.8 Å². The summed E-state index contributed by atoms with van der Waals surface area (Å²) < 4.78 is 48.5. The number of nitrogens with one attached hydrogen (secondary N) is 1. The van der Waals surface area contributed by atoms with Gasteiger partial charge >= 0.3 is 5.97 Å². The van der Waals surface area contributed by atoms with Crippen LogP contribution < -0.4 is 4.72 Å². The molecule has 1 saturated carbocycles. The van der Waals surface area contributed by atoms with Gasteiger partial charge in [0.05, 0.1) is 5.92 Å². The van der Waals surface area contributed by atoms with Crippen molar-refractivity contribution in [1.29, 1.82) is 0 Å². The number of sulfone groups is 1. The molecule has 0 spiro atoms. The Hall–Kier alpha value is -0.670. The van der Waals surface area contributed by atoms with Gasteiger partial charge in [0.15, 0.2) is 14.9 Å².